The highest BCUT2D eigenvalue weighted by Gasteiger charge is 2.27. The van der Waals surface area contributed by atoms with Gasteiger partial charge in [-0.3, -0.25) is 0 Å². The van der Waals surface area contributed by atoms with Gasteiger partial charge in [0.15, 0.2) is 0 Å². The largest absolute Gasteiger partial charge is 0.508 e. The fourth-order valence-corrected chi connectivity index (χ4v) is 0.531. The van der Waals surface area contributed by atoms with Gasteiger partial charge in [-0.25, -0.2) is 4.79 Å². The van der Waals surface area contributed by atoms with Gasteiger partial charge in [-0.05, 0) is 6.92 Å². The minimum absolute atomic E-state index is 0.155. The molecule has 0 aliphatic rings. The van der Waals surface area contributed by atoms with Crippen molar-refractivity contribution in [2.24, 2.45) is 0 Å². The van der Waals surface area contributed by atoms with Crippen LogP contribution >= 0.6 is 0 Å². The summed E-state index contributed by atoms with van der Waals surface area (Å²) < 4.78 is 47.4. The quantitative estimate of drug-likeness (QED) is 0.518. The molecule has 0 amide bonds. The lowest BCUT2D eigenvalue weighted by Gasteiger charge is -2.07. The molecule has 0 rings (SSSR count). The third-order valence-corrected chi connectivity index (χ3v) is 0.975. The summed E-state index contributed by atoms with van der Waals surface area (Å²) in [7, 11) is 0. The van der Waals surface area contributed by atoms with Crippen LogP contribution in [0.3, 0.4) is 0 Å². The van der Waals surface area contributed by atoms with Crippen LogP contribution in [0.1, 0.15) is 6.92 Å². The lowest BCUT2D eigenvalue weighted by atomic mass is 10.7. The highest BCUT2D eigenvalue weighted by atomic mass is 19.4. The second-order valence-corrected chi connectivity index (χ2v) is 2.20. The summed E-state index contributed by atoms with van der Waals surface area (Å²) in [5.74, 6) is 0. The van der Waals surface area contributed by atoms with Crippen LogP contribution in [0.15, 0.2) is 0 Å². The second-order valence-electron chi connectivity index (χ2n) is 2.20. The van der Waals surface area contributed by atoms with Gasteiger partial charge in [0.05, 0.1) is 13.2 Å². The first kappa shape index (κ1) is 13.0. The van der Waals surface area contributed by atoms with Gasteiger partial charge in [0.25, 0.3) is 0 Å². The smallest absolute Gasteiger partial charge is 0.435 e. The Morgan fingerprint density at radius 1 is 1.21 bits per heavy atom. The molecule has 0 aromatic heterocycles. The van der Waals surface area contributed by atoms with Crippen LogP contribution < -0.4 is 0 Å². The van der Waals surface area contributed by atoms with Crippen molar-refractivity contribution in [2.45, 2.75) is 13.1 Å². The maximum Gasteiger partial charge on any atom is 0.508 e. The van der Waals surface area contributed by atoms with E-state index < -0.39 is 18.9 Å². The Bertz CT molecular complexity index is 169. The molecule has 0 saturated carbocycles. The summed E-state index contributed by atoms with van der Waals surface area (Å²) >= 11 is 0. The van der Waals surface area contributed by atoms with Crippen molar-refractivity contribution in [2.75, 3.05) is 26.4 Å². The molecule has 0 spiro atoms. The molecule has 0 radical (unpaired) electrons. The van der Waals surface area contributed by atoms with Crippen molar-refractivity contribution in [3.05, 3.63) is 0 Å². The number of alkyl halides is 3. The van der Waals surface area contributed by atoms with Crippen molar-refractivity contribution in [1.29, 1.82) is 0 Å². The van der Waals surface area contributed by atoms with Gasteiger partial charge in [-0.15, -0.1) is 0 Å². The van der Waals surface area contributed by atoms with Crippen molar-refractivity contribution >= 4 is 6.16 Å². The van der Waals surface area contributed by atoms with Crippen molar-refractivity contribution in [1.82, 2.24) is 0 Å². The SMILES string of the molecule is CCOC(=O)OCCOCC(F)(F)F. The second kappa shape index (κ2) is 6.47. The van der Waals surface area contributed by atoms with E-state index in [0.717, 1.165) is 0 Å². The zero-order valence-corrected chi connectivity index (χ0v) is 7.60. The number of carbonyl (C=O) groups excluding carboxylic acids is 1. The topological polar surface area (TPSA) is 44.8 Å². The summed E-state index contributed by atoms with van der Waals surface area (Å²) in [6.45, 7) is -0.171. The van der Waals surface area contributed by atoms with Gasteiger partial charge in [0.2, 0.25) is 0 Å². The van der Waals surface area contributed by atoms with Gasteiger partial charge < -0.3 is 14.2 Å². The average Bonchev–Trinajstić information content (AvgIpc) is 2.02. The highest BCUT2D eigenvalue weighted by molar-refractivity contribution is 5.59. The Hall–Kier alpha value is -0.980. The van der Waals surface area contributed by atoms with Crippen LogP contribution in [0.4, 0.5) is 18.0 Å². The Kier molecular flexibility index (Phi) is 6.02. The Labute approximate surface area is 78.9 Å². The Morgan fingerprint density at radius 2 is 1.86 bits per heavy atom. The predicted molar refractivity (Wildman–Crippen MR) is 39.8 cm³/mol. The van der Waals surface area contributed by atoms with E-state index in [4.69, 9.17) is 0 Å². The van der Waals surface area contributed by atoms with Gasteiger partial charge in [0.1, 0.15) is 13.2 Å². The summed E-state index contributed by atoms with van der Waals surface area (Å²) in [6.07, 6.45) is -5.27. The lowest BCUT2D eigenvalue weighted by Crippen LogP contribution is -2.20. The van der Waals surface area contributed by atoms with Gasteiger partial charge >= 0.3 is 12.3 Å². The molecule has 0 aromatic rings. The highest BCUT2D eigenvalue weighted by Crippen LogP contribution is 2.13. The third kappa shape index (κ3) is 9.11. The summed E-state index contributed by atoms with van der Waals surface area (Å²) in [4.78, 5) is 10.5. The molecular weight excluding hydrogens is 205 g/mol. The van der Waals surface area contributed by atoms with Gasteiger partial charge in [-0.2, -0.15) is 13.2 Å². The van der Waals surface area contributed by atoms with Crippen LogP contribution in [0.2, 0.25) is 0 Å². The zero-order chi connectivity index (χ0) is 11.0. The molecule has 0 heterocycles. The monoisotopic (exact) mass is 216 g/mol. The van der Waals surface area contributed by atoms with Crippen LogP contribution in [0.5, 0.6) is 0 Å². The first-order chi connectivity index (χ1) is 6.45. The molecule has 0 N–H and O–H groups in total. The predicted octanol–water partition coefficient (Wildman–Crippen LogP) is 1.74. The molecule has 7 heteroatoms. The Balaban J connectivity index is 3.26. The third-order valence-electron chi connectivity index (χ3n) is 0.975. The molecule has 0 aromatic carbocycles. The minimum atomic E-state index is -4.36. The summed E-state index contributed by atoms with van der Waals surface area (Å²) in [5, 5.41) is 0. The van der Waals surface area contributed by atoms with Gasteiger partial charge in [0, 0.05) is 0 Å². The normalized spacial score (nSPS) is 11.1. The lowest BCUT2D eigenvalue weighted by molar-refractivity contribution is -0.175. The van der Waals surface area contributed by atoms with E-state index in [1.807, 2.05) is 0 Å². The number of halogens is 3. The molecule has 14 heavy (non-hydrogen) atoms. The first-order valence-electron chi connectivity index (χ1n) is 3.89. The van der Waals surface area contributed by atoms with E-state index in [-0.39, 0.29) is 19.8 Å². The van der Waals surface area contributed by atoms with Crippen LogP contribution in [-0.2, 0) is 14.2 Å². The van der Waals surface area contributed by atoms with Crippen molar-refractivity contribution in [3.8, 4) is 0 Å². The maximum atomic E-state index is 11.5. The maximum absolute atomic E-state index is 11.5. The molecule has 0 aliphatic heterocycles. The van der Waals surface area contributed by atoms with Gasteiger partial charge in [-0.1, -0.05) is 0 Å². The van der Waals surface area contributed by atoms with Crippen molar-refractivity contribution in [3.63, 3.8) is 0 Å². The molecular formula is C7H11F3O4. The summed E-state index contributed by atoms with van der Waals surface area (Å²) in [5.41, 5.74) is 0. The van der Waals surface area contributed by atoms with E-state index in [2.05, 4.69) is 14.2 Å². The fourth-order valence-electron chi connectivity index (χ4n) is 0.531. The average molecular weight is 216 g/mol. The molecule has 84 valence electrons. The fraction of sp³-hybridized carbons (Fsp3) is 0.857. The van der Waals surface area contributed by atoms with E-state index in [0.29, 0.717) is 0 Å². The van der Waals surface area contributed by atoms with E-state index in [1.54, 1.807) is 6.92 Å². The minimum Gasteiger partial charge on any atom is -0.435 e. The molecule has 0 atom stereocenters. The zero-order valence-electron chi connectivity index (χ0n) is 7.60. The van der Waals surface area contributed by atoms with Crippen LogP contribution in [0, 0.1) is 0 Å². The van der Waals surface area contributed by atoms with Crippen LogP contribution in [0.25, 0.3) is 0 Å². The first-order valence-corrected chi connectivity index (χ1v) is 3.89. The Morgan fingerprint density at radius 3 is 2.36 bits per heavy atom. The summed E-state index contributed by atoms with van der Waals surface area (Å²) in [6, 6.07) is 0. The van der Waals surface area contributed by atoms with E-state index in [9.17, 15) is 18.0 Å². The molecule has 4 nitrogen and oxygen atoms in total. The standard InChI is InChI=1S/C7H11F3O4/c1-2-13-6(11)14-4-3-12-5-7(8,9)10/h2-5H2,1H3. The number of ether oxygens (including phenoxy) is 3. The molecule has 0 saturated heterocycles. The van der Waals surface area contributed by atoms with Crippen molar-refractivity contribution < 1.29 is 32.2 Å². The van der Waals surface area contributed by atoms with E-state index in [1.165, 1.54) is 0 Å². The molecule has 0 unspecified atom stereocenters. The van der Waals surface area contributed by atoms with Crippen LogP contribution in [-0.4, -0.2) is 38.8 Å². The number of rotatable bonds is 5. The number of carbonyl (C=O) groups is 1. The van der Waals surface area contributed by atoms with E-state index >= 15 is 0 Å². The number of hydrogen-bond acceptors (Lipinski definition) is 4. The molecule has 0 fully saturated rings. The number of hydrogen-bond donors (Lipinski definition) is 0. The molecule has 0 aliphatic carbocycles. The molecule has 0 bridgehead atoms.